The van der Waals surface area contributed by atoms with Gasteiger partial charge < -0.3 is 4.57 Å². The zero-order chi connectivity index (χ0) is 33.7. The summed E-state index contributed by atoms with van der Waals surface area (Å²) in [7, 11) is 0. The first kappa shape index (κ1) is 29.1. The Balaban J connectivity index is 1.21. The summed E-state index contributed by atoms with van der Waals surface area (Å²) < 4.78 is 2.41. The predicted octanol–water partition coefficient (Wildman–Crippen LogP) is 12.5. The molecule has 0 amide bonds. The number of hydrogen-bond donors (Lipinski definition) is 0. The molecule has 0 unspecified atom stereocenters. The monoisotopic (exact) mass is 649 g/mol. The molecule has 0 N–H and O–H groups in total. The SMILES string of the molecule is c1ccc(-c2c3ccccc3c(-c3ccc4c5ccc(-c6ccc(-c7cccnc7)nc6)cc5n(-c5ccccc5)c4c3)c3ccccc23)cc1. The molecule has 10 rings (SSSR count). The van der Waals surface area contributed by atoms with Crippen molar-refractivity contribution in [1.29, 1.82) is 0 Å². The van der Waals surface area contributed by atoms with Crippen LogP contribution in [0.3, 0.4) is 0 Å². The lowest BCUT2D eigenvalue weighted by Gasteiger charge is -2.18. The van der Waals surface area contributed by atoms with Gasteiger partial charge >= 0.3 is 0 Å². The first-order valence-corrected chi connectivity index (χ1v) is 17.3. The van der Waals surface area contributed by atoms with Crippen LogP contribution in [0.15, 0.2) is 188 Å². The van der Waals surface area contributed by atoms with Gasteiger partial charge in [0.15, 0.2) is 0 Å². The largest absolute Gasteiger partial charge is 0.309 e. The Morgan fingerprint density at radius 1 is 0.353 bits per heavy atom. The highest BCUT2D eigenvalue weighted by Crippen LogP contribution is 2.45. The van der Waals surface area contributed by atoms with E-state index in [1.807, 2.05) is 24.5 Å². The first-order chi connectivity index (χ1) is 25.3. The molecule has 0 aliphatic heterocycles. The number of hydrogen-bond acceptors (Lipinski definition) is 2. The van der Waals surface area contributed by atoms with Gasteiger partial charge in [-0.2, -0.15) is 0 Å². The van der Waals surface area contributed by atoms with E-state index in [4.69, 9.17) is 4.98 Å². The molecule has 0 aliphatic rings. The number of fused-ring (bicyclic) bond motifs is 5. The van der Waals surface area contributed by atoms with E-state index in [0.717, 1.165) is 33.6 Å². The Kier molecular flexibility index (Phi) is 6.81. The van der Waals surface area contributed by atoms with Crippen molar-refractivity contribution in [3.05, 3.63) is 188 Å². The quantitative estimate of drug-likeness (QED) is 0.174. The summed E-state index contributed by atoms with van der Waals surface area (Å²) in [6.07, 6.45) is 5.60. The van der Waals surface area contributed by atoms with E-state index in [-0.39, 0.29) is 0 Å². The van der Waals surface area contributed by atoms with Gasteiger partial charge in [0.05, 0.1) is 16.7 Å². The first-order valence-electron chi connectivity index (χ1n) is 17.3. The summed E-state index contributed by atoms with van der Waals surface area (Å²) in [5.41, 5.74) is 12.6. The molecule has 0 bridgehead atoms. The average molecular weight is 650 g/mol. The van der Waals surface area contributed by atoms with E-state index in [2.05, 4.69) is 167 Å². The maximum atomic E-state index is 4.80. The van der Waals surface area contributed by atoms with Crippen LogP contribution in [0.1, 0.15) is 0 Å². The van der Waals surface area contributed by atoms with Crippen LogP contribution in [0, 0.1) is 0 Å². The van der Waals surface area contributed by atoms with Crippen LogP contribution < -0.4 is 0 Å². The minimum atomic E-state index is 0.913. The molecule has 0 aliphatic carbocycles. The number of nitrogens with zero attached hydrogens (tertiary/aromatic N) is 3. The summed E-state index contributed by atoms with van der Waals surface area (Å²) in [5, 5.41) is 7.47. The fourth-order valence-electron chi connectivity index (χ4n) is 7.81. The molecule has 0 fully saturated rings. The van der Waals surface area contributed by atoms with Gasteiger partial charge in [-0.3, -0.25) is 9.97 Å². The molecule has 238 valence electrons. The average Bonchev–Trinajstić information content (AvgIpc) is 3.53. The van der Waals surface area contributed by atoms with Crippen LogP contribution in [0.25, 0.3) is 93.7 Å². The molecule has 0 saturated heterocycles. The van der Waals surface area contributed by atoms with Crippen molar-refractivity contribution >= 4 is 43.4 Å². The number of aromatic nitrogens is 3. The van der Waals surface area contributed by atoms with Crippen LogP contribution in [0.2, 0.25) is 0 Å². The van der Waals surface area contributed by atoms with Gasteiger partial charge in [0.1, 0.15) is 0 Å². The Morgan fingerprint density at radius 3 is 1.47 bits per heavy atom. The molecule has 10 aromatic rings. The molecule has 3 heterocycles. The van der Waals surface area contributed by atoms with E-state index < -0.39 is 0 Å². The molecule has 0 radical (unpaired) electrons. The van der Waals surface area contributed by atoms with Crippen molar-refractivity contribution in [3.63, 3.8) is 0 Å². The Hall–Kier alpha value is -6.84. The fraction of sp³-hybridized carbons (Fsp3) is 0. The lowest BCUT2D eigenvalue weighted by molar-refractivity contribution is 1.18. The fourth-order valence-corrected chi connectivity index (χ4v) is 7.81. The maximum absolute atomic E-state index is 4.80. The minimum absolute atomic E-state index is 0.913. The molecule has 7 aromatic carbocycles. The van der Waals surface area contributed by atoms with Gasteiger partial charge in [-0.05, 0) is 91.8 Å². The van der Waals surface area contributed by atoms with Crippen LogP contribution in [0.4, 0.5) is 0 Å². The molecular formula is C48H31N3. The maximum Gasteiger partial charge on any atom is 0.0717 e. The van der Waals surface area contributed by atoms with E-state index >= 15 is 0 Å². The standard InChI is InChI=1S/C48H31N3/c1-3-12-32(13-4-1)47-40-17-7-9-19-42(40)48(43-20-10-8-18-41(43)47)34-22-25-39-38-24-21-33(35-23-26-44(50-31-35)36-14-11-27-49-30-36)28-45(38)51(46(39)29-34)37-15-5-2-6-16-37/h1-31H. The van der Waals surface area contributed by atoms with Crippen molar-refractivity contribution in [1.82, 2.24) is 14.5 Å². The topological polar surface area (TPSA) is 30.7 Å². The summed E-state index contributed by atoms with van der Waals surface area (Å²) in [6, 6.07) is 61.2. The van der Waals surface area contributed by atoms with Crippen molar-refractivity contribution in [2.24, 2.45) is 0 Å². The number of benzene rings is 7. The molecule has 51 heavy (non-hydrogen) atoms. The molecule has 0 atom stereocenters. The van der Waals surface area contributed by atoms with E-state index in [0.29, 0.717) is 0 Å². The third-order valence-corrected chi connectivity index (χ3v) is 10.1. The van der Waals surface area contributed by atoms with Gasteiger partial charge in [0, 0.05) is 46.2 Å². The summed E-state index contributed by atoms with van der Waals surface area (Å²) in [6.45, 7) is 0. The molecule has 0 spiro atoms. The van der Waals surface area contributed by atoms with Gasteiger partial charge in [-0.1, -0.05) is 127 Å². The van der Waals surface area contributed by atoms with Gasteiger partial charge in [0.25, 0.3) is 0 Å². The third-order valence-electron chi connectivity index (χ3n) is 10.1. The molecule has 3 nitrogen and oxygen atoms in total. The van der Waals surface area contributed by atoms with Crippen molar-refractivity contribution < 1.29 is 0 Å². The lowest BCUT2D eigenvalue weighted by atomic mass is 9.86. The highest BCUT2D eigenvalue weighted by atomic mass is 15.0. The Labute approximate surface area is 295 Å². The summed E-state index contributed by atoms with van der Waals surface area (Å²) in [5.74, 6) is 0. The second-order valence-corrected chi connectivity index (χ2v) is 13.0. The second kappa shape index (κ2) is 11.9. The van der Waals surface area contributed by atoms with Crippen molar-refractivity contribution in [2.45, 2.75) is 0 Å². The zero-order valence-electron chi connectivity index (χ0n) is 27.7. The van der Waals surface area contributed by atoms with Crippen molar-refractivity contribution in [2.75, 3.05) is 0 Å². The summed E-state index contributed by atoms with van der Waals surface area (Å²) in [4.78, 5) is 9.07. The van der Waals surface area contributed by atoms with Crippen LogP contribution in [0.5, 0.6) is 0 Å². The Morgan fingerprint density at radius 2 is 0.882 bits per heavy atom. The Bertz CT molecular complexity index is 2820. The van der Waals surface area contributed by atoms with E-state index in [1.165, 1.54) is 60.1 Å². The molecule has 3 heteroatoms. The van der Waals surface area contributed by atoms with Gasteiger partial charge in [0.2, 0.25) is 0 Å². The van der Waals surface area contributed by atoms with Crippen LogP contribution in [-0.4, -0.2) is 14.5 Å². The van der Waals surface area contributed by atoms with E-state index in [1.54, 1.807) is 6.20 Å². The second-order valence-electron chi connectivity index (χ2n) is 13.0. The number of para-hydroxylation sites is 1. The van der Waals surface area contributed by atoms with Crippen LogP contribution in [-0.2, 0) is 0 Å². The van der Waals surface area contributed by atoms with Crippen LogP contribution >= 0.6 is 0 Å². The molecular weight excluding hydrogens is 619 g/mol. The highest BCUT2D eigenvalue weighted by molar-refractivity contribution is 6.22. The lowest BCUT2D eigenvalue weighted by Crippen LogP contribution is -1.94. The van der Waals surface area contributed by atoms with Crippen molar-refractivity contribution in [3.8, 4) is 50.3 Å². The smallest absolute Gasteiger partial charge is 0.0717 e. The number of pyridine rings is 2. The predicted molar refractivity (Wildman–Crippen MR) is 213 cm³/mol. The third kappa shape index (κ3) is 4.82. The summed E-state index contributed by atoms with van der Waals surface area (Å²) >= 11 is 0. The van der Waals surface area contributed by atoms with E-state index in [9.17, 15) is 0 Å². The highest BCUT2D eigenvalue weighted by Gasteiger charge is 2.19. The molecule has 3 aromatic heterocycles. The zero-order valence-corrected chi connectivity index (χ0v) is 27.7. The minimum Gasteiger partial charge on any atom is -0.309 e. The number of rotatable bonds is 5. The van der Waals surface area contributed by atoms with Gasteiger partial charge in [-0.25, -0.2) is 0 Å². The normalized spacial score (nSPS) is 11.5. The molecule has 0 saturated carbocycles. The van der Waals surface area contributed by atoms with Gasteiger partial charge in [-0.15, -0.1) is 0 Å².